The normalized spacial score (nSPS) is 11.7. The van der Waals surface area contributed by atoms with Gasteiger partial charge >= 0.3 is 0 Å². The summed E-state index contributed by atoms with van der Waals surface area (Å²) in [4.78, 5) is 0. The minimum Gasteiger partial charge on any atom is -0.309 e. The van der Waals surface area contributed by atoms with Gasteiger partial charge in [0.05, 0.1) is 22.1 Å². The topological polar surface area (TPSA) is 9.86 Å². The number of hydrogen-bond acceptors (Lipinski definition) is 0. The zero-order valence-corrected chi connectivity index (χ0v) is 29.5. The van der Waals surface area contributed by atoms with Gasteiger partial charge < -0.3 is 9.13 Å². The first-order chi connectivity index (χ1) is 26.8. The van der Waals surface area contributed by atoms with Gasteiger partial charge in [0, 0.05) is 32.9 Å². The first-order valence-electron chi connectivity index (χ1n) is 18.6. The Balaban J connectivity index is 1.04. The fraction of sp³-hybridized carbons (Fsp3) is 0. The Hall–Kier alpha value is -7.16. The van der Waals surface area contributed by atoms with Crippen molar-refractivity contribution in [3.05, 3.63) is 206 Å². The maximum Gasteiger partial charge on any atom is 0.0547 e. The van der Waals surface area contributed by atoms with Gasteiger partial charge in [-0.05, 0) is 105 Å². The summed E-state index contributed by atoms with van der Waals surface area (Å²) in [5, 5.41) is 7.54. The van der Waals surface area contributed by atoms with Crippen molar-refractivity contribution in [3.8, 4) is 44.8 Å². The third-order valence-corrected chi connectivity index (χ3v) is 11.1. The number of rotatable bonds is 5. The van der Waals surface area contributed by atoms with E-state index in [4.69, 9.17) is 0 Å². The van der Waals surface area contributed by atoms with E-state index in [1.165, 1.54) is 87.8 Å². The van der Waals surface area contributed by atoms with Gasteiger partial charge in [0.2, 0.25) is 0 Å². The van der Waals surface area contributed by atoms with Crippen LogP contribution in [-0.2, 0) is 0 Å². The smallest absolute Gasteiger partial charge is 0.0547 e. The predicted octanol–water partition coefficient (Wildman–Crippen LogP) is 14.0. The Kier molecular flexibility index (Phi) is 6.90. The summed E-state index contributed by atoms with van der Waals surface area (Å²) in [5.74, 6) is 0. The molecule has 0 N–H and O–H groups in total. The molecule has 0 unspecified atom stereocenters. The second kappa shape index (κ2) is 12.2. The molecule has 0 bridgehead atoms. The summed E-state index contributed by atoms with van der Waals surface area (Å²) in [6.45, 7) is 0. The molecule has 2 aromatic heterocycles. The highest BCUT2D eigenvalue weighted by atomic mass is 15.0. The molecule has 2 heterocycles. The number of aromatic nitrogens is 2. The SMILES string of the molecule is c1ccc(-c2ccc3c4cc(-c5ccc6c(c5)c5ccccc5n6-c5ccc(-c6cccc7ccccc67)cc5)ccc4n(-c4ccccc4)c3c2)cc1. The zero-order chi connectivity index (χ0) is 35.6. The van der Waals surface area contributed by atoms with Crippen LogP contribution in [0, 0.1) is 0 Å². The van der Waals surface area contributed by atoms with Crippen molar-refractivity contribution in [1.82, 2.24) is 9.13 Å². The van der Waals surface area contributed by atoms with Crippen LogP contribution in [0.15, 0.2) is 206 Å². The molecule has 11 rings (SSSR count). The monoisotopic (exact) mass is 686 g/mol. The molecule has 0 saturated heterocycles. The van der Waals surface area contributed by atoms with E-state index in [0.717, 1.165) is 11.4 Å². The van der Waals surface area contributed by atoms with Gasteiger partial charge in [-0.2, -0.15) is 0 Å². The lowest BCUT2D eigenvalue weighted by molar-refractivity contribution is 1.18. The van der Waals surface area contributed by atoms with E-state index in [0.29, 0.717) is 0 Å². The Morgan fingerprint density at radius 3 is 1.48 bits per heavy atom. The molecule has 2 heteroatoms. The van der Waals surface area contributed by atoms with Crippen LogP contribution in [0.2, 0.25) is 0 Å². The van der Waals surface area contributed by atoms with Gasteiger partial charge in [-0.25, -0.2) is 0 Å². The third-order valence-electron chi connectivity index (χ3n) is 11.1. The predicted molar refractivity (Wildman–Crippen MR) is 229 cm³/mol. The molecular weight excluding hydrogens is 653 g/mol. The second-order valence-corrected chi connectivity index (χ2v) is 14.2. The van der Waals surface area contributed by atoms with Crippen molar-refractivity contribution >= 4 is 54.4 Å². The van der Waals surface area contributed by atoms with Gasteiger partial charge in [0.25, 0.3) is 0 Å². The molecule has 2 nitrogen and oxygen atoms in total. The average molecular weight is 687 g/mol. The molecule has 0 spiro atoms. The number of para-hydroxylation sites is 2. The van der Waals surface area contributed by atoms with Crippen molar-refractivity contribution < 1.29 is 0 Å². The fourth-order valence-corrected chi connectivity index (χ4v) is 8.56. The summed E-state index contributed by atoms with van der Waals surface area (Å²) in [6.07, 6.45) is 0. The lowest BCUT2D eigenvalue weighted by Crippen LogP contribution is -1.94. The summed E-state index contributed by atoms with van der Waals surface area (Å²) < 4.78 is 4.81. The molecule has 252 valence electrons. The standard InChI is InChI=1S/C52H34N2/c1-3-12-35(13-4-1)40-24-29-46-48-33-39(26-31-51(48)54(52(46)34-40)41-16-5-2-6-17-41)38-25-30-50-47(32-38)45-19-9-10-21-49(45)53(50)42-27-22-37(23-28-42)44-20-11-15-36-14-7-8-18-43(36)44/h1-34H. The van der Waals surface area contributed by atoms with Gasteiger partial charge in [0.1, 0.15) is 0 Å². The lowest BCUT2D eigenvalue weighted by atomic mass is 9.98. The van der Waals surface area contributed by atoms with Crippen molar-refractivity contribution in [3.63, 3.8) is 0 Å². The van der Waals surface area contributed by atoms with Crippen LogP contribution >= 0.6 is 0 Å². The second-order valence-electron chi connectivity index (χ2n) is 14.2. The molecule has 11 aromatic rings. The molecule has 0 aliphatic carbocycles. The zero-order valence-electron chi connectivity index (χ0n) is 29.5. The summed E-state index contributed by atoms with van der Waals surface area (Å²) in [6, 6.07) is 75.2. The van der Waals surface area contributed by atoms with E-state index in [2.05, 4.69) is 215 Å². The molecule has 0 radical (unpaired) electrons. The van der Waals surface area contributed by atoms with Crippen molar-refractivity contribution in [2.45, 2.75) is 0 Å². The quantitative estimate of drug-likeness (QED) is 0.171. The molecule has 0 amide bonds. The Morgan fingerprint density at radius 2 is 0.741 bits per heavy atom. The summed E-state index contributed by atoms with van der Waals surface area (Å²) >= 11 is 0. The number of benzene rings is 9. The molecule has 0 aliphatic rings. The lowest BCUT2D eigenvalue weighted by Gasteiger charge is -2.11. The first kappa shape index (κ1) is 30.5. The van der Waals surface area contributed by atoms with E-state index in [-0.39, 0.29) is 0 Å². The number of nitrogens with zero attached hydrogens (tertiary/aromatic N) is 2. The summed E-state index contributed by atoms with van der Waals surface area (Å²) in [5.41, 5.74) is 14.5. The van der Waals surface area contributed by atoms with Crippen LogP contribution in [0.25, 0.3) is 99.1 Å². The minimum absolute atomic E-state index is 1.16. The van der Waals surface area contributed by atoms with E-state index in [1.807, 2.05) is 0 Å². The van der Waals surface area contributed by atoms with E-state index in [9.17, 15) is 0 Å². The first-order valence-corrected chi connectivity index (χ1v) is 18.6. The highest BCUT2D eigenvalue weighted by Crippen LogP contribution is 2.40. The summed E-state index contributed by atoms with van der Waals surface area (Å²) in [7, 11) is 0. The molecule has 9 aromatic carbocycles. The van der Waals surface area contributed by atoms with Gasteiger partial charge in [-0.3, -0.25) is 0 Å². The molecular formula is C52H34N2. The van der Waals surface area contributed by atoms with E-state index in [1.54, 1.807) is 0 Å². The minimum atomic E-state index is 1.16. The third kappa shape index (κ3) is 4.81. The highest BCUT2D eigenvalue weighted by Gasteiger charge is 2.17. The average Bonchev–Trinajstić information content (AvgIpc) is 3.76. The van der Waals surface area contributed by atoms with E-state index >= 15 is 0 Å². The van der Waals surface area contributed by atoms with Gasteiger partial charge in [-0.1, -0.05) is 146 Å². The van der Waals surface area contributed by atoms with Gasteiger partial charge in [-0.15, -0.1) is 0 Å². The molecule has 0 fully saturated rings. The molecule has 0 atom stereocenters. The van der Waals surface area contributed by atoms with Crippen molar-refractivity contribution in [2.75, 3.05) is 0 Å². The maximum absolute atomic E-state index is 2.41. The van der Waals surface area contributed by atoms with Crippen LogP contribution in [0.4, 0.5) is 0 Å². The maximum atomic E-state index is 2.41. The Labute approximate surface area is 313 Å². The van der Waals surface area contributed by atoms with E-state index < -0.39 is 0 Å². The fourth-order valence-electron chi connectivity index (χ4n) is 8.56. The highest BCUT2D eigenvalue weighted by molar-refractivity contribution is 6.13. The van der Waals surface area contributed by atoms with Gasteiger partial charge in [0.15, 0.2) is 0 Å². The Bertz CT molecular complexity index is 3180. The molecule has 0 aliphatic heterocycles. The molecule has 0 saturated carbocycles. The largest absolute Gasteiger partial charge is 0.309 e. The van der Waals surface area contributed by atoms with Crippen LogP contribution in [0.1, 0.15) is 0 Å². The number of fused-ring (bicyclic) bond motifs is 7. The molecule has 54 heavy (non-hydrogen) atoms. The van der Waals surface area contributed by atoms with Crippen molar-refractivity contribution in [2.24, 2.45) is 0 Å². The number of hydrogen-bond donors (Lipinski definition) is 0. The van der Waals surface area contributed by atoms with Crippen molar-refractivity contribution in [1.29, 1.82) is 0 Å². The van der Waals surface area contributed by atoms with Crippen LogP contribution < -0.4 is 0 Å². The van der Waals surface area contributed by atoms with Crippen LogP contribution in [-0.4, -0.2) is 9.13 Å². The van der Waals surface area contributed by atoms with Crippen LogP contribution in [0.3, 0.4) is 0 Å². The van der Waals surface area contributed by atoms with Crippen LogP contribution in [0.5, 0.6) is 0 Å². The Morgan fingerprint density at radius 1 is 0.241 bits per heavy atom.